The molecule has 2 rings (SSSR count). The number of aryl methyl sites for hydroxylation is 2. The van der Waals surface area contributed by atoms with Gasteiger partial charge in [0.15, 0.2) is 0 Å². The molecule has 2 heterocycles. The molecule has 19 heavy (non-hydrogen) atoms. The molecule has 1 N–H and O–H groups in total. The molecular formula is C14H25ClN4. The van der Waals surface area contributed by atoms with Crippen LogP contribution in [-0.2, 0) is 19.5 Å². The fraction of sp³-hybridized carbons (Fsp3) is 0.786. The van der Waals surface area contributed by atoms with Gasteiger partial charge in [-0.25, -0.2) is 0 Å². The van der Waals surface area contributed by atoms with Crippen molar-refractivity contribution >= 4 is 11.6 Å². The van der Waals surface area contributed by atoms with Crippen molar-refractivity contribution in [1.29, 1.82) is 0 Å². The highest BCUT2D eigenvalue weighted by molar-refractivity contribution is 6.31. The fourth-order valence-corrected chi connectivity index (χ4v) is 3.09. The van der Waals surface area contributed by atoms with Crippen molar-refractivity contribution in [2.75, 3.05) is 19.6 Å². The molecule has 0 atom stereocenters. The first-order chi connectivity index (χ1) is 8.96. The minimum Gasteiger partial charge on any atom is -0.309 e. The van der Waals surface area contributed by atoms with Crippen LogP contribution in [0.15, 0.2) is 0 Å². The van der Waals surface area contributed by atoms with Gasteiger partial charge in [0.2, 0.25) is 0 Å². The van der Waals surface area contributed by atoms with Crippen molar-refractivity contribution in [3.63, 3.8) is 0 Å². The van der Waals surface area contributed by atoms with E-state index in [2.05, 4.69) is 47.7 Å². The van der Waals surface area contributed by atoms with E-state index in [1.54, 1.807) is 0 Å². The Labute approximate surface area is 121 Å². The summed E-state index contributed by atoms with van der Waals surface area (Å²) in [7, 11) is 0. The van der Waals surface area contributed by atoms with Crippen LogP contribution in [0, 0.1) is 0 Å². The molecule has 0 saturated carbocycles. The average Bonchev–Trinajstić information content (AvgIpc) is 2.65. The molecular weight excluding hydrogens is 260 g/mol. The van der Waals surface area contributed by atoms with Gasteiger partial charge in [0.1, 0.15) is 0 Å². The van der Waals surface area contributed by atoms with E-state index in [9.17, 15) is 0 Å². The average molecular weight is 285 g/mol. The largest absolute Gasteiger partial charge is 0.309 e. The molecule has 1 aromatic heterocycles. The highest BCUT2D eigenvalue weighted by atomic mass is 35.5. The van der Waals surface area contributed by atoms with E-state index in [4.69, 9.17) is 11.6 Å². The predicted molar refractivity (Wildman–Crippen MR) is 79.6 cm³/mol. The summed E-state index contributed by atoms with van der Waals surface area (Å²) in [4.78, 5) is 2.46. The van der Waals surface area contributed by atoms with E-state index in [1.165, 1.54) is 5.69 Å². The fourth-order valence-electron chi connectivity index (χ4n) is 2.76. The number of hydrogen-bond donors (Lipinski definition) is 1. The number of nitrogens with one attached hydrogen (secondary N) is 1. The molecule has 1 aliphatic heterocycles. The van der Waals surface area contributed by atoms with Gasteiger partial charge in [-0.15, -0.1) is 0 Å². The number of halogens is 1. The molecule has 4 nitrogen and oxygen atoms in total. The van der Waals surface area contributed by atoms with Crippen molar-refractivity contribution in [2.24, 2.45) is 0 Å². The molecule has 0 aromatic carbocycles. The Balaban J connectivity index is 2.16. The summed E-state index contributed by atoms with van der Waals surface area (Å²) in [5.74, 6) is 0. The van der Waals surface area contributed by atoms with Gasteiger partial charge in [-0.1, -0.05) is 18.5 Å². The van der Waals surface area contributed by atoms with Gasteiger partial charge in [-0.2, -0.15) is 5.10 Å². The number of aromatic nitrogens is 2. The van der Waals surface area contributed by atoms with Crippen molar-refractivity contribution < 1.29 is 0 Å². The summed E-state index contributed by atoms with van der Waals surface area (Å²) in [5.41, 5.74) is 2.36. The summed E-state index contributed by atoms with van der Waals surface area (Å²) in [5, 5.41) is 8.99. The number of piperazine rings is 1. The van der Waals surface area contributed by atoms with E-state index < -0.39 is 0 Å². The first kappa shape index (κ1) is 14.8. The Bertz CT molecular complexity index is 439. The number of hydrogen-bond acceptors (Lipinski definition) is 3. The Morgan fingerprint density at radius 3 is 2.68 bits per heavy atom. The maximum atomic E-state index is 6.47. The lowest BCUT2D eigenvalue weighted by Gasteiger charge is -2.39. The highest BCUT2D eigenvalue weighted by Crippen LogP contribution is 2.24. The lowest BCUT2D eigenvalue weighted by molar-refractivity contribution is 0.145. The lowest BCUT2D eigenvalue weighted by Crippen LogP contribution is -2.56. The Hall–Kier alpha value is -0.580. The molecule has 0 spiro atoms. The lowest BCUT2D eigenvalue weighted by atomic mass is 10.0. The molecule has 1 aromatic rings. The van der Waals surface area contributed by atoms with E-state index in [0.717, 1.165) is 49.9 Å². The van der Waals surface area contributed by atoms with Gasteiger partial charge >= 0.3 is 0 Å². The van der Waals surface area contributed by atoms with Gasteiger partial charge in [-0.05, 0) is 27.2 Å². The maximum Gasteiger partial charge on any atom is 0.0863 e. The zero-order valence-electron chi connectivity index (χ0n) is 12.5. The first-order valence-corrected chi connectivity index (χ1v) is 7.56. The molecule has 0 amide bonds. The summed E-state index contributed by atoms with van der Waals surface area (Å²) < 4.78 is 2.05. The molecule has 0 bridgehead atoms. The minimum absolute atomic E-state index is 0.176. The summed E-state index contributed by atoms with van der Waals surface area (Å²) in [6, 6.07) is 0. The van der Waals surface area contributed by atoms with E-state index in [-0.39, 0.29) is 5.54 Å². The molecule has 0 aliphatic carbocycles. The van der Waals surface area contributed by atoms with Crippen LogP contribution in [0.25, 0.3) is 0 Å². The third kappa shape index (κ3) is 3.30. The topological polar surface area (TPSA) is 33.1 Å². The standard InChI is InChI=1S/C14H25ClN4/c1-5-11-13(15)12(19(6-2)17-11)9-18-8-7-16-14(3,4)10-18/h16H,5-10H2,1-4H3. The van der Waals surface area contributed by atoms with Crippen molar-refractivity contribution in [3.8, 4) is 0 Å². The summed E-state index contributed by atoms with van der Waals surface area (Å²) in [6.45, 7) is 13.6. The Morgan fingerprint density at radius 1 is 1.37 bits per heavy atom. The molecule has 108 valence electrons. The minimum atomic E-state index is 0.176. The van der Waals surface area contributed by atoms with Gasteiger partial charge in [0.25, 0.3) is 0 Å². The maximum absolute atomic E-state index is 6.47. The predicted octanol–water partition coefficient (Wildman–Crippen LogP) is 2.30. The highest BCUT2D eigenvalue weighted by Gasteiger charge is 2.27. The quantitative estimate of drug-likeness (QED) is 0.921. The van der Waals surface area contributed by atoms with Crippen molar-refractivity contribution in [1.82, 2.24) is 20.0 Å². The van der Waals surface area contributed by atoms with Gasteiger partial charge in [-0.3, -0.25) is 9.58 Å². The van der Waals surface area contributed by atoms with Gasteiger partial charge in [0, 0.05) is 38.3 Å². The number of rotatable bonds is 4. The third-order valence-corrected chi connectivity index (χ3v) is 4.15. The van der Waals surface area contributed by atoms with Crippen LogP contribution < -0.4 is 5.32 Å². The zero-order valence-corrected chi connectivity index (χ0v) is 13.2. The SMILES string of the molecule is CCc1nn(CC)c(CN2CCNC(C)(C)C2)c1Cl. The monoisotopic (exact) mass is 284 g/mol. The molecule has 1 fully saturated rings. The van der Waals surface area contributed by atoms with E-state index >= 15 is 0 Å². The second-order valence-electron chi connectivity index (χ2n) is 5.90. The smallest absolute Gasteiger partial charge is 0.0863 e. The number of nitrogens with zero attached hydrogens (tertiary/aromatic N) is 3. The van der Waals surface area contributed by atoms with Gasteiger partial charge < -0.3 is 5.32 Å². The second-order valence-corrected chi connectivity index (χ2v) is 6.28. The Kier molecular flexibility index (Phi) is 4.54. The summed E-state index contributed by atoms with van der Waals surface area (Å²) in [6.07, 6.45) is 0.895. The van der Waals surface area contributed by atoms with Crippen molar-refractivity contribution in [3.05, 3.63) is 16.4 Å². The van der Waals surface area contributed by atoms with E-state index in [0.29, 0.717) is 0 Å². The molecule has 1 saturated heterocycles. The molecule has 5 heteroatoms. The van der Waals surface area contributed by atoms with Crippen LogP contribution in [0.5, 0.6) is 0 Å². The summed E-state index contributed by atoms with van der Waals surface area (Å²) >= 11 is 6.47. The Morgan fingerprint density at radius 2 is 2.11 bits per heavy atom. The first-order valence-electron chi connectivity index (χ1n) is 7.18. The van der Waals surface area contributed by atoms with Crippen LogP contribution in [0.2, 0.25) is 5.02 Å². The van der Waals surface area contributed by atoms with Crippen LogP contribution in [-0.4, -0.2) is 39.9 Å². The van der Waals surface area contributed by atoms with Gasteiger partial charge in [0.05, 0.1) is 16.4 Å². The normalized spacial score (nSPS) is 19.8. The third-order valence-electron chi connectivity index (χ3n) is 3.72. The second kappa shape index (κ2) is 5.81. The molecule has 0 unspecified atom stereocenters. The molecule has 0 radical (unpaired) electrons. The van der Waals surface area contributed by atoms with Crippen LogP contribution in [0.1, 0.15) is 39.1 Å². The van der Waals surface area contributed by atoms with Crippen molar-refractivity contribution in [2.45, 2.75) is 52.7 Å². The molecule has 1 aliphatic rings. The van der Waals surface area contributed by atoms with Crippen LogP contribution in [0.4, 0.5) is 0 Å². The van der Waals surface area contributed by atoms with Crippen LogP contribution >= 0.6 is 11.6 Å². The zero-order chi connectivity index (χ0) is 14.0. The van der Waals surface area contributed by atoms with Crippen LogP contribution in [0.3, 0.4) is 0 Å². The van der Waals surface area contributed by atoms with E-state index in [1.807, 2.05) is 0 Å².